The Labute approximate surface area is 215 Å². The lowest BCUT2D eigenvalue weighted by molar-refractivity contribution is -0.134. The highest BCUT2D eigenvalue weighted by Gasteiger charge is 2.55. The van der Waals surface area contributed by atoms with Crippen LogP contribution in [-0.4, -0.2) is 74.3 Å². The summed E-state index contributed by atoms with van der Waals surface area (Å²) in [5, 5.41) is 3.15. The third kappa shape index (κ3) is 5.68. The number of hydrogen-bond donors (Lipinski definition) is 1. The van der Waals surface area contributed by atoms with E-state index in [1.807, 2.05) is 24.3 Å². The normalized spacial score (nSPS) is 25.6. The van der Waals surface area contributed by atoms with Gasteiger partial charge in [0.05, 0.1) is 20.3 Å². The molecular weight excluding hydrogens is 454 g/mol. The number of nitrogens with one attached hydrogen (secondary N) is 1. The second kappa shape index (κ2) is 11.6. The number of likely N-dealkylation sites (tertiary alicyclic amines) is 1. The molecule has 4 rings (SSSR count). The molecule has 7 heteroatoms. The molecule has 196 valence electrons. The Kier molecular flexibility index (Phi) is 8.52. The van der Waals surface area contributed by atoms with Gasteiger partial charge < -0.3 is 14.8 Å². The molecule has 7 nitrogen and oxygen atoms in total. The van der Waals surface area contributed by atoms with Crippen LogP contribution in [0.5, 0.6) is 5.75 Å². The summed E-state index contributed by atoms with van der Waals surface area (Å²) in [6.07, 6.45) is 8.04. The van der Waals surface area contributed by atoms with E-state index in [1.54, 1.807) is 14.2 Å². The van der Waals surface area contributed by atoms with Crippen LogP contribution >= 0.6 is 0 Å². The number of allylic oxidation sites excluding steroid dienone is 2. The van der Waals surface area contributed by atoms with E-state index in [1.165, 1.54) is 22.5 Å². The molecule has 1 aromatic rings. The second-order valence-corrected chi connectivity index (χ2v) is 10.6. The molecule has 1 N–H and O–H groups in total. The smallest absolute Gasteiger partial charge is 0.325 e. The van der Waals surface area contributed by atoms with Gasteiger partial charge in [-0.1, -0.05) is 35.9 Å². The van der Waals surface area contributed by atoms with Gasteiger partial charge in [-0.25, -0.2) is 4.79 Å². The lowest BCUT2D eigenvalue weighted by atomic mass is 9.73. The monoisotopic (exact) mass is 495 g/mol. The van der Waals surface area contributed by atoms with Crippen LogP contribution in [0.2, 0.25) is 0 Å². The molecule has 2 atom stereocenters. The highest BCUT2D eigenvalue weighted by Crippen LogP contribution is 2.37. The summed E-state index contributed by atoms with van der Waals surface area (Å²) in [6.45, 7) is 9.70. The summed E-state index contributed by atoms with van der Waals surface area (Å²) in [4.78, 5) is 30.6. The van der Waals surface area contributed by atoms with Gasteiger partial charge in [0.1, 0.15) is 11.3 Å². The number of rotatable bonds is 10. The van der Waals surface area contributed by atoms with E-state index in [4.69, 9.17) is 9.47 Å². The zero-order chi connectivity index (χ0) is 25.7. The maximum atomic E-state index is 13.8. The highest BCUT2D eigenvalue weighted by atomic mass is 16.5. The predicted molar refractivity (Wildman–Crippen MR) is 141 cm³/mol. The van der Waals surface area contributed by atoms with Crippen molar-refractivity contribution in [3.63, 3.8) is 0 Å². The first kappa shape index (κ1) is 26.4. The Morgan fingerprint density at radius 3 is 2.61 bits per heavy atom. The van der Waals surface area contributed by atoms with Gasteiger partial charge in [0.25, 0.3) is 5.91 Å². The lowest BCUT2D eigenvalue weighted by Crippen LogP contribution is -2.57. The molecule has 2 saturated heterocycles. The van der Waals surface area contributed by atoms with Crippen LogP contribution in [0.4, 0.5) is 4.79 Å². The number of amides is 3. The fourth-order valence-corrected chi connectivity index (χ4v) is 6.03. The van der Waals surface area contributed by atoms with Gasteiger partial charge in [-0.05, 0) is 81.6 Å². The van der Waals surface area contributed by atoms with Crippen molar-refractivity contribution in [1.82, 2.24) is 15.1 Å². The SMILES string of the molecule is C=C(C)[C@@H]1CC=C(CN2CCC(C3(Cc4cccc(OC)c4)NC(=O)N(CCOC)C3=O)CC2)CC1. The van der Waals surface area contributed by atoms with Crippen molar-refractivity contribution in [3.05, 3.63) is 53.6 Å². The lowest BCUT2D eigenvalue weighted by Gasteiger charge is -2.41. The highest BCUT2D eigenvalue weighted by molar-refractivity contribution is 6.07. The number of imide groups is 1. The van der Waals surface area contributed by atoms with Crippen LogP contribution in [0.1, 0.15) is 44.6 Å². The average Bonchev–Trinajstić information content (AvgIpc) is 3.12. The Morgan fingerprint density at radius 1 is 1.19 bits per heavy atom. The van der Waals surface area contributed by atoms with Crippen LogP contribution in [0.3, 0.4) is 0 Å². The van der Waals surface area contributed by atoms with Gasteiger partial charge in [-0.2, -0.15) is 0 Å². The molecule has 1 unspecified atom stereocenters. The Hall–Kier alpha value is -2.64. The summed E-state index contributed by atoms with van der Waals surface area (Å²) < 4.78 is 10.6. The first-order valence-electron chi connectivity index (χ1n) is 13.2. The number of carbonyl (C=O) groups excluding carboxylic acids is 2. The average molecular weight is 496 g/mol. The fraction of sp³-hybridized carbons (Fsp3) is 0.586. The molecule has 0 radical (unpaired) electrons. The molecule has 0 aromatic heterocycles. The minimum Gasteiger partial charge on any atom is -0.497 e. The van der Waals surface area contributed by atoms with Crippen LogP contribution < -0.4 is 10.1 Å². The van der Waals surface area contributed by atoms with E-state index in [0.29, 0.717) is 18.9 Å². The number of benzene rings is 1. The molecule has 0 spiro atoms. The van der Waals surface area contributed by atoms with Crippen molar-refractivity contribution in [1.29, 1.82) is 0 Å². The third-order valence-corrected chi connectivity index (χ3v) is 8.25. The quantitative estimate of drug-likeness (QED) is 0.389. The minimum atomic E-state index is -0.942. The van der Waals surface area contributed by atoms with Gasteiger partial charge in [-0.3, -0.25) is 14.6 Å². The number of carbonyl (C=O) groups is 2. The molecule has 1 aromatic carbocycles. The van der Waals surface area contributed by atoms with E-state index in [9.17, 15) is 9.59 Å². The molecule has 2 fully saturated rings. The maximum Gasteiger partial charge on any atom is 0.325 e. The Balaban J connectivity index is 1.48. The number of ether oxygens (including phenoxy) is 2. The Bertz CT molecular complexity index is 998. The van der Waals surface area contributed by atoms with Crippen LogP contribution in [0.15, 0.2) is 48.1 Å². The van der Waals surface area contributed by atoms with Crippen LogP contribution in [0.25, 0.3) is 0 Å². The summed E-state index contributed by atoms with van der Waals surface area (Å²) in [7, 11) is 3.22. The van der Waals surface area contributed by atoms with E-state index >= 15 is 0 Å². The van der Waals surface area contributed by atoms with Crippen molar-refractivity contribution < 1.29 is 19.1 Å². The molecule has 36 heavy (non-hydrogen) atoms. The van der Waals surface area contributed by atoms with Crippen molar-refractivity contribution in [2.24, 2.45) is 11.8 Å². The molecule has 0 saturated carbocycles. The van der Waals surface area contributed by atoms with Crippen molar-refractivity contribution in [2.45, 2.75) is 51.0 Å². The second-order valence-electron chi connectivity index (χ2n) is 10.6. The first-order valence-corrected chi connectivity index (χ1v) is 13.2. The summed E-state index contributed by atoms with van der Waals surface area (Å²) in [5.74, 6) is 1.30. The summed E-state index contributed by atoms with van der Waals surface area (Å²) >= 11 is 0. The predicted octanol–water partition coefficient (Wildman–Crippen LogP) is 4.19. The number of methoxy groups -OCH3 is 2. The topological polar surface area (TPSA) is 71.1 Å². The number of piperidine rings is 1. The van der Waals surface area contributed by atoms with E-state index in [2.05, 4.69) is 29.8 Å². The molecule has 0 bridgehead atoms. The summed E-state index contributed by atoms with van der Waals surface area (Å²) in [5.41, 5.74) is 2.85. The molecule has 2 aliphatic heterocycles. The van der Waals surface area contributed by atoms with Crippen LogP contribution in [0, 0.1) is 11.8 Å². The Morgan fingerprint density at radius 2 is 1.97 bits per heavy atom. The zero-order valence-corrected chi connectivity index (χ0v) is 22.1. The maximum absolute atomic E-state index is 13.8. The first-order chi connectivity index (χ1) is 17.4. The number of nitrogens with zero attached hydrogens (tertiary/aromatic N) is 2. The molecular formula is C29H41N3O4. The number of urea groups is 1. The van der Waals surface area contributed by atoms with E-state index in [0.717, 1.165) is 56.6 Å². The fourth-order valence-electron chi connectivity index (χ4n) is 6.03. The van der Waals surface area contributed by atoms with E-state index in [-0.39, 0.29) is 24.4 Å². The van der Waals surface area contributed by atoms with Gasteiger partial charge in [0, 0.05) is 20.1 Å². The standard InChI is InChI=1S/C29H41N3O4/c1-21(2)24-10-8-22(9-11-24)20-31-14-12-25(13-15-31)29(19-23-6-5-7-26(18-23)36-4)27(33)32(16-17-35-3)28(34)30-29/h5-8,18,24-25H,1,9-17,19-20H2,2-4H3,(H,30,34)/t24-,29?/m1/s1. The van der Waals surface area contributed by atoms with Crippen molar-refractivity contribution in [2.75, 3.05) is 47.0 Å². The molecule has 3 aliphatic rings. The molecule has 2 heterocycles. The van der Waals surface area contributed by atoms with Gasteiger partial charge in [-0.15, -0.1) is 0 Å². The van der Waals surface area contributed by atoms with E-state index < -0.39 is 5.54 Å². The largest absolute Gasteiger partial charge is 0.497 e. The van der Waals surface area contributed by atoms with Crippen LogP contribution in [-0.2, 0) is 16.0 Å². The van der Waals surface area contributed by atoms with Gasteiger partial charge in [0.15, 0.2) is 0 Å². The number of hydrogen-bond acceptors (Lipinski definition) is 5. The molecule has 3 amide bonds. The zero-order valence-electron chi connectivity index (χ0n) is 22.1. The summed E-state index contributed by atoms with van der Waals surface area (Å²) in [6, 6.07) is 7.48. The third-order valence-electron chi connectivity index (χ3n) is 8.25. The van der Waals surface area contributed by atoms with Gasteiger partial charge >= 0.3 is 6.03 Å². The van der Waals surface area contributed by atoms with Gasteiger partial charge in [0.2, 0.25) is 0 Å². The molecule has 1 aliphatic carbocycles. The minimum absolute atomic E-state index is 0.0667. The van der Waals surface area contributed by atoms with Crippen molar-refractivity contribution in [3.8, 4) is 5.75 Å². The van der Waals surface area contributed by atoms with Crippen molar-refractivity contribution >= 4 is 11.9 Å².